The number of piperazine rings is 1. The highest BCUT2D eigenvalue weighted by molar-refractivity contribution is 7.12. The van der Waals surface area contributed by atoms with E-state index in [0.717, 1.165) is 43.3 Å². The molecule has 1 aliphatic heterocycles. The van der Waals surface area contributed by atoms with Crippen LogP contribution >= 0.6 is 11.3 Å². The lowest BCUT2D eigenvalue weighted by molar-refractivity contribution is 0.0634. The fourth-order valence-electron chi connectivity index (χ4n) is 4.13. The maximum Gasteiger partial charge on any atom is 0.266 e. The number of carbonyl (C=O) groups is 1. The van der Waals surface area contributed by atoms with E-state index in [2.05, 4.69) is 82.6 Å². The second-order valence-corrected chi connectivity index (χ2v) is 10.1. The Kier molecular flexibility index (Phi) is 7.75. The smallest absolute Gasteiger partial charge is 0.266 e. The van der Waals surface area contributed by atoms with Gasteiger partial charge >= 0.3 is 0 Å². The SMILES string of the molecule is CN(C)c1ccc(CNc2ccsc2C(=O)N2CCN(Cc3ccc(N(C)C)cc3)CC2)cc1. The number of hydrogen-bond acceptors (Lipinski definition) is 6. The number of hydrogen-bond donors (Lipinski definition) is 1. The first-order valence-corrected chi connectivity index (χ1v) is 12.6. The number of anilines is 3. The highest BCUT2D eigenvalue weighted by Crippen LogP contribution is 2.26. The quantitative estimate of drug-likeness (QED) is 0.519. The van der Waals surface area contributed by atoms with Crippen LogP contribution < -0.4 is 15.1 Å². The van der Waals surface area contributed by atoms with Crippen LogP contribution in [0.1, 0.15) is 20.8 Å². The minimum Gasteiger partial charge on any atom is -0.380 e. The van der Waals surface area contributed by atoms with Crippen molar-refractivity contribution in [3.8, 4) is 0 Å². The van der Waals surface area contributed by atoms with E-state index in [0.29, 0.717) is 6.54 Å². The zero-order valence-corrected chi connectivity index (χ0v) is 21.4. The lowest BCUT2D eigenvalue weighted by Crippen LogP contribution is -2.48. The summed E-state index contributed by atoms with van der Waals surface area (Å²) in [5.41, 5.74) is 5.83. The molecule has 7 heteroatoms. The van der Waals surface area contributed by atoms with Crippen molar-refractivity contribution in [3.63, 3.8) is 0 Å². The first-order chi connectivity index (χ1) is 16.4. The van der Waals surface area contributed by atoms with Crippen molar-refractivity contribution in [2.75, 3.05) is 69.5 Å². The molecule has 0 aliphatic carbocycles. The van der Waals surface area contributed by atoms with Gasteiger partial charge in [0.25, 0.3) is 5.91 Å². The first kappa shape index (κ1) is 24.1. The molecule has 1 aliphatic rings. The van der Waals surface area contributed by atoms with Gasteiger partial charge < -0.3 is 20.0 Å². The van der Waals surface area contributed by atoms with E-state index in [4.69, 9.17) is 0 Å². The summed E-state index contributed by atoms with van der Waals surface area (Å²) in [4.78, 5) is 22.7. The number of nitrogens with one attached hydrogen (secondary N) is 1. The van der Waals surface area contributed by atoms with E-state index < -0.39 is 0 Å². The van der Waals surface area contributed by atoms with Gasteiger partial charge in [0.15, 0.2) is 0 Å². The number of benzene rings is 2. The molecular weight excluding hydrogens is 442 g/mol. The minimum atomic E-state index is 0.135. The van der Waals surface area contributed by atoms with Gasteiger partial charge in [0.2, 0.25) is 0 Å². The number of rotatable bonds is 8. The van der Waals surface area contributed by atoms with Crippen LogP contribution in [0.15, 0.2) is 60.0 Å². The third-order valence-electron chi connectivity index (χ3n) is 6.31. The molecule has 1 aromatic heterocycles. The molecule has 2 aromatic carbocycles. The van der Waals surface area contributed by atoms with Gasteiger partial charge in [0.1, 0.15) is 4.88 Å². The van der Waals surface area contributed by atoms with Gasteiger partial charge in [-0.2, -0.15) is 0 Å². The van der Waals surface area contributed by atoms with Crippen LogP contribution in [0.2, 0.25) is 0 Å². The van der Waals surface area contributed by atoms with Crippen molar-refractivity contribution in [1.82, 2.24) is 9.80 Å². The summed E-state index contributed by atoms with van der Waals surface area (Å²) in [6.07, 6.45) is 0. The molecule has 1 N–H and O–H groups in total. The Morgan fingerprint density at radius 2 is 1.38 bits per heavy atom. The number of nitrogens with zero attached hydrogens (tertiary/aromatic N) is 4. The van der Waals surface area contributed by atoms with Crippen molar-refractivity contribution >= 4 is 34.3 Å². The molecule has 0 atom stereocenters. The third kappa shape index (κ3) is 5.90. The Morgan fingerprint density at radius 1 is 0.824 bits per heavy atom. The average Bonchev–Trinajstić information content (AvgIpc) is 3.32. The molecule has 6 nitrogen and oxygen atoms in total. The monoisotopic (exact) mass is 477 g/mol. The van der Waals surface area contributed by atoms with Crippen molar-refractivity contribution in [2.45, 2.75) is 13.1 Å². The second kappa shape index (κ2) is 10.9. The zero-order chi connectivity index (χ0) is 24.1. The van der Waals surface area contributed by atoms with E-state index in [9.17, 15) is 4.79 Å². The zero-order valence-electron chi connectivity index (χ0n) is 20.6. The molecule has 1 fully saturated rings. The molecule has 0 spiro atoms. The number of amides is 1. The van der Waals surface area contributed by atoms with Crippen LogP contribution in [0.25, 0.3) is 0 Å². The molecule has 34 heavy (non-hydrogen) atoms. The van der Waals surface area contributed by atoms with E-state index in [1.165, 1.54) is 33.8 Å². The summed E-state index contributed by atoms with van der Waals surface area (Å²) in [5, 5.41) is 5.47. The molecule has 2 heterocycles. The second-order valence-electron chi connectivity index (χ2n) is 9.21. The molecule has 0 radical (unpaired) electrons. The summed E-state index contributed by atoms with van der Waals surface area (Å²) in [7, 11) is 8.20. The lowest BCUT2D eigenvalue weighted by atomic mass is 10.1. The maximum atomic E-state index is 13.2. The number of thiophene rings is 1. The summed E-state index contributed by atoms with van der Waals surface area (Å²) in [5.74, 6) is 0.135. The van der Waals surface area contributed by atoms with E-state index in [1.54, 1.807) is 0 Å². The van der Waals surface area contributed by atoms with Crippen molar-refractivity contribution in [1.29, 1.82) is 0 Å². The fraction of sp³-hybridized carbons (Fsp3) is 0.370. The summed E-state index contributed by atoms with van der Waals surface area (Å²) in [6, 6.07) is 19.2. The standard InChI is InChI=1S/C27H35N5OS/c1-29(2)23-9-5-21(6-10-23)19-28-25-13-18-34-26(25)27(33)32-16-14-31(15-17-32)20-22-7-11-24(12-8-22)30(3)4/h5-13,18,28H,14-17,19-20H2,1-4H3. The topological polar surface area (TPSA) is 42.1 Å². The molecule has 1 saturated heterocycles. The molecule has 4 rings (SSSR count). The normalized spacial score (nSPS) is 14.2. The third-order valence-corrected chi connectivity index (χ3v) is 7.22. The molecule has 0 saturated carbocycles. The molecule has 0 unspecified atom stereocenters. The predicted octanol–water partition coefficient (Wildman–Crippen LogP) is 4.45. The van der Waals surface area contributed by atoms with Crippen molar-refractivity contribution in [2.24, 2.45) is 0 Å². The summed E-state index contributed by atoms with van der Waals surface area (Å²) >= 11 is 1.52. The lowest BCUT2D eigenvalue weighted by Gasteiger charge is -2.34. The largest absolute Gasteiger partial charge is 0.380 e. The number of carbonyl (C=O) groups excluding carboxylic acids is 1. The summed E-state index contributed by atoms with van der Waals surface area (Å²) in [6.45, 7) is 4.94. The van der Waals surface area contributed by atoms with Gasteiger partial charge in [0.05, 0.1) is 5.69 Å². The molecule has 0 bridgehead atoms. The van der Waals surface area contributed by atoms with Crippen molar-refractivity contribution in [3.05, 3.63) is 76.0 Å². The van der Waals surface area contributed by atoms with Crippen LogP contribution in [-0.2, 0) is 13.1 Å². The van der Waals surface area contributed by atoms with Gasteiger partial charge in [-0.3, -0.25) is 9.69 Å². The molecule has 3 aromatic rings. The van der Waals surface area contributed by atoms with E-state index >= 15 is 0 Å². The van der Waals surface area contributed by atoms with Crippen LogP contribution in [0, 0.1) is 0 Å². The van der Waals surface area contributed by atoms with Crippen LogP contribution in [0.3, 0.4) is 0 Å². The fourth-order valence-corrected chi connectivity index (χ4v) is 4.97. The van der Waals surface area contributed by atoms with Gasteiger partial charge in [-0.1, -0.05) is 24.3 Å². The Bertz CT molecular complexity index is 1070. The molecule has 180 valence electrons. The molecule has 1 amide bonds. The van der Waals surface area contributed by atoms with Gasteiger partial charge in [-0.25, -0.2) is 0 Å². The van der Waals surface area contributed by atoms with Gasteiger partial charge in [-0.15, -0.1) is 11.3 Å². The van der Waals surface area contributed by atoms with Crippen molar-refractivity contribution < 1.29 is 4.79 Å². The Morgan fingerprint density at radius 3 is 1.94 bits per heavy atom. The van der Waals surface area contributed by atoms with Crippen LogP contribution in [-0.4, -0.2) is 70.1 Å². The average molecular weight is 478 g/mol. The minimum absolute atomic E-state index is 0.135. The summed E-state index contributed by atoms with van der Waals surface area (Å²) < 4.78 is 0. The van der Waals surface area contributed by atoms with Gasteiger partial charge in [-0.05, 0) is 46.8 Å². The van der Waals surface area contributed by atoms with E-state index in [1.807, 2.05) is 30.4 Å². The first-order valence-electron chi connectivity index (χ1n) is 11.8. The highest BCUT2D eigenvalue weighted by Gasteiger charge is 2.24. The molecular formula is C27H35N5OS. The van der Waals surface area contributed by atoms with Crippen LogP contribution in [0.4, 0.5) is 17.1 Å². The Hall–Kier alpha value is -3.03. The van der Waals surface area contributed by atoms with E-state index in [-0.39, 0.29) is 5.91 Å². The Labute approximate surface area is 207 Å². The maximum absolute atomic E-state index is 13.2. The Balaban J connectivity index is 1.29. The predicted molar refractivity (Wildman–Crippen MR) is 144 cm³/mol. The highest BCUT2D eigenvalue weighted by atomic mass is 32.1. The van der Waals surface area contributed by atoms with Gasteiger partial charge in [0, 0.05) is 78.8 Å². The van der Waals surface area contributed by atoms with Crippen LogP contribution in [0.5, 0.6) is 0 Å².